The molecule has 3 nitrogen and oxygen atoms in total. The van der Waals surface area contributed by atoms with Crippen molar-refractivity contribution < 1.29 is 27.6 Å². The molecule has 0 saturated heterocycles. The largest absolute Gasteiger partial charge is 2.00 e. The van der Waals surface area contributed by atoms with Gasteiger partial charge in [-0.15, -0.1) is 47.2 Å². The zero-order valence-corrected chi connectivity index (χ0v) is 39.3. The summed E-state index contributed by atoms with van der Waals surface area (Å²) in [4.78, 5) is 14.4. The van der Waals surface area contributed by atoms with Gasteiger partial charge in [-0.2, -0.15) is 0 Å². The van der Waals surface area contributed by atoms with Crippen LogP contribution in [0.5, 0.6) is 0 Å². The van der Waals surface area contributed by atoms with Crippen molar-refractivity contribution in [1.29, 1.82) is 0 Å². The normalized spacial score (nSPS) is 13.3. The summed E-state index contributed by atoms with van der Waals surface area (Å²) in [5.74, 6) is 0. The third-order valence-electron chi connectivity index (χ3n) is 9.56. The van der Waals surface area contributed by atoms with Crippen LogP contribution in [0.3, 0.4) is 0 Å². The predicted molar refractivity (Wildman–Crippen MR) is 252 cm³/mol. The monoisotopic (exact) mass is 1010 g/mol. The van der Waals surface area contributed by atoms with Crippen molar-refractivity contribution in [1.82, 2.24) is 0 Å². The molecule has 2 heterocycles. The van der Waals surface area contributed by atoms with Gasteiger partial charge in [0.15, 0.2) is 5.43 Å². The van der Waals surface area contributed by atoms with Gasteiger partial charge in [-0.1, -0.05) is 164 Å². The smallest absolute Gasteiger partial charge is 1.00 e. The van der Waals surface area contributed by atoms with Gasteiger partial charge in [-0.25, -0.2) is 0 Å². The number of hydrogen-bond donors (Lipinski definition) is 1. The molecule has 8 aromatic carbocycles. The second-order valence-electron chi connectivity index (χ2n) is 13.1. The summed E-state index contributed by atoms with van der Waals surface area (Å²) in [6.07, 6.45) is 0. The SMILES string of the molecule is O.O=c1c2ccccc2sc2ccc(Br)cc12.OC1(c2ccccc2-c2ccccc2)c2ccccc2Sc2ccc(Br)cc21.[Br-].[Mg+2].[c-]1ccccc1-c1ccccc1. The Bertz CT molecular complexity index is 2820. The van der Waals surface area contributed by atoms with Crippen molar-refractivity contribution in [2.75, 3.05) is 0 Å². The molecular formula is C50H35Br3MgO3S2. The Hall–Kier alpha value is -3.87. The van der Waals surface area contributed by atoms with Gasteiger partial charge in [-0.05, 0) is 65.7 Å². The van der Waals surface area contributed by atoms with Crippen LogP contribution >= 0.6 is 55.0 Å². The van der Waals surface area contributed by atoms with Gasteiger partial charge in [0.1, 0.15) is 5.60 Å². The predicted octanol–water partition coefficient (Wildman–Crippen LogP) is 9.99. The van der Waals surface area contributed by atoms with Crippen molar-refractivity contribution in [2.45, 2.75) is 15.4 Å². The molecule has 0 amide bonds. The van der Waals surface area contributed by atoms with Gasteiger partial charge in [0, 0.05) is 55.6 Å². The minimum absolute atomic E-state index is 0. The minimum atomic E-state index is -1.23. The number of benzene rings is 8. The van der Waals surface area contributed by atoms with Gasteiger partial charge < -0.3 is 27.6 Å². The first-order valence-corrected chi connectivity index (χ1v) is 21.2. The van der Waals surface area contributed by atoms with E-state index in [1.54, 1.807) is 23.1 Å². The molecule has 1 aliphatic heterocycles. The first-order chi connectivity index (χ1) is 27.4. The standard InChI is InChI=1S/C25H17BrOS.C13H7BrOS.C12H9.BrH.Mg.H2O/c26-18-14-15-24-22(16-18)25(27,21-12-6-7-13-23(21)28-24)20-11-5-4-10-19(20)17-8-2-1-3-9-17;14-8-5-6-12-10(7-8)13(15)9-3-1-2-4-11(9)16-12;1-3-7-11(8-4-1)12-9-5-2-6-10-12;;;/h1-16,27H;1-7H;1-9H;1H;;1H2/q;;-1;;+2;/p-1. The van der Waals surface area contributed by atoms with E-state index in [1.807, 2.05) is 146 Å². The van der Waals surface area contributed by atoms with Crippen LogP contribution < -0.4 is 22.4 Å². The molecule has 3 N–H and O–H groups in total. The average molecular weight is 1010 g/mol. The molecule has 1 aliphatic rings. The van der Waals surface area contributed by atoms with Crippen LogP contribution in [-0.4, -0.2) is 33.6 Å². The number of hydrogen-bond acceptors (Lipinski definition) is 4. The van der Waals surface area contributed by atoms with E-state index >= 15 is 0 Å². The maximum Gasteiger partial charge on any atom is 2.00 e. The van der Waals surface area contributed by atoms with Crippen LogP contribution in [0.2, 0.25) is 0 Å². The minimum Gasteiger partial charge on any atom is -1.00 e. The van der Waals surface area contributed by atoms with Crippen LogP contribution in [0, 0.1) is 6.07 Å². The number of fused-ring (bicyclic) bond motifs is 4. The van der Waals surface area contributed by atoms with Gasteiger partial charge in [0.05, 0.1) is 0 Å². The van der Waals surface area contributed by atoms with Crippen molar-refractivity contribution >= 4 is 98.2 Å². The second kappa shape index (κ2) is 21.1. The van der Waals surface area contributed by atoms with Crippen LogP contribution in [0.1, 0.15) is 16.7 Å². The summed E-state index contributed by atoms with van der Waals surface area (Å²) in [5, 5.41) is 14.0. The molecule has 59 heavy (non-hydrogen) atoms. The summed E-state index contributed by atoms with van der Waals surface area (Å²) in [5.41, 5.74) is 6.13. The molecule has 1 atom stereocenters. The van der Waals surface area contributed by atoms with E-state index in [1.165, 1.54) is 5.56 Å². The fourth-order valence-corrected chi connectivity index (χ4v) is 9.85. The van der Waals surface area contributed by atoms with Gasteiger partial charge in [0.2, 0.25) is 0 Å². The van der Waals surface area contributed by atoms with Gasteiger partial charge >= 0.3 is 23.1 Å². The van der Waals surface area contributed by atoms with Crippen molar-refractivity contribution in [3.8, 4) is 22.3 Å². The molecule has 0 fully saturated rings. The molecular weight excluding hydrogens is 977 g/mol. The Labute approximate surface area is 395 Å². The molecule has 9 aromatic rings. The molecule has 9 heteroatoms. The number of halogens is 3. The zero-order valence-electron chi connectivity index (χ0n) is 31.5. The molecule has 288 valence electrons. The zero-order chi connectivity index (χ0) is 38.5. The molecule has 1 aromatic heterocycles. The van der Waals surface area contributed by atoms with E-state index in [4.69, 9.17) is 0 Å². The van der Waals surface area contributed by atoms with Gasteiger partial charge in [-0.3, -0.25) is 4.79 Å². The topological polar surface area (TPSA) is 68.8 Å². The van der Waals surface area contributed by atoms with E-state index < -0.39 is 5.60 Å². The summed E-state index contributed by atoms with van der Waals surface area (Å²) in [6, 6.07) is 67.8. The fourth-order valence-electron chi connectivity index (χ4n) is 6.92. The first kappa shape index (κ1) is 46.2. The second-order valence-corrected chi connectivity index (χ2v) is 17.1. The van der Waals surface area contributed by atoms with E-state index in [-0.39, 0.29) is 50.9 Å². The molecule has 0 spiro atoms. The Morgan fingerprint density at radius 3 is 1.81 bits per heavy atom. The first-order valence-electron chi connectivity index (χ1n) is 18.0. The van der Waals surface area contributed by atoms with E-state index in [0.717, 1.165) is 72.3 Å². The Morgan fingerprint density at radius 1 is 0.525 bits per heavy atom. The van der Waals surface area contributed by atoms with Crippen molar-refractivity contribution in [3.05, 3.63) is 236 Å². The Balaban J connectivity index is 0.000000181. The summed E-state index contributed by atoms with van der Waals surface area (Å²) in [7, 11) is 0. The quantitative estimate of drug-likeness (QED) is 0.109. The molecule has 1 unspecified atom stereocenters. The Kier molecular flexibility index (Phi) is 16.5. The third-order valence-corrected chi connectivity index (χ3v) is 12.9. The average Bonchev–Trinajstić information content (AvgIpc) is 3.26. The van der Waals surface area contributed by atoms with Crippen LogP contribution in [-0.2, 0) is 5.60 Å². The molecule has 0 bridgehead atoms. The van der Waals surface area contributed by atoms with Crippen LogP contribution in [0.25, 0.3) is 42.4 Å². The summed E-state index contributed by atoms with van der Waals surface area (Å²) in [6.45, 7) is 0. The van der Waals surface area contributed by atoms with E-state index in [9.17, 15) is 9.90 Å². The van der Waals surface area contributed by atoms with E-state index in [0.29, 0.717) is 0 Å². The molecule has 0 radical (unpaired) electrons. The Morgan fingerprint density at radius 2 is 1.08 bits per heavy atom. The number of rotatable bonds is 3. The molecule has 0 aliphatic carbocycles. The van der Waals surface area contributed by atoms with Crippen molar-refractivity contribution in [3.63, 3.8) is 0 Å². The summed E-state index contributed by atoms with van der Waals surface area (Å²) < 4.78 is 3.98. The fraction of sp³-hybridized carbons (Fsp3) is 0.0200. The summed E-state index contributed by atoms with van der Waals surface area (Å²) >= 11 is 10.4. The van der Waals surface area contributed by atoms with E-state index in [2.05, 4.69) is 86.5 Å². The van der Waals surface area contributed by atoms with Crippen LogP contribution in [0.4, 0.5) is 0 Å². The van der Waals surface area contributed by atoms with Gasteiger partial charge in [0.25, 0.3) is 0 Å². The maximum absolute atomic E-state index is 12.4. The third kappa shape index (κ3) is 10.0. The maximum atomic E-state index is 12.4. The number of aliphatic hydroxyl groups is 1. The van der Waals surface area contributed by atoms with Crippen LogP contribution in [0.15, 0.2) is 218 Å². The molecule has 0 saturated carbocycles. The molecule has 10 rings (SSSR count). The van der Waals surface area contributed by atoms with Crippen molar-refractivity contribution in [2.24, 2.45) is 0 Å².